The van der Waals surface area contributed by atoms with Gasteiger partial charge in [-0.2, -0.15) is 0 Å². The van der Waals surface area contributed by atoms with Crippen LogP contribution in [0.15, 0.2) is 42.5 Å². The summed E-state index contributed by atoms with van der Waals surface area (Å²) >= 11 is 0. The van der Waals surface area contributed by atoms with Gasteiger partial charge in [-0.1, -0.05) is 24.3 Å². The average Bonchev–Trinajstić information content (AvgIpc) is 2.51. The molecule has 0 spiro atoms. The monoisotopic (exact) mass is 284 g/mol. The predicted molar refractivity (Wildman–Crippen MR) is 82.0 cm³/mol. The highest BCUT2D eigenvalue weighted by Gasteiger charge is 2.28. The smallest absolute Gasteiger partial charge is 0.128 e. The van der Waals surface area contributed by atoms with Crippen LogP contribution in [0.3, 0.4) is 0 Å². The van der Waals surface area contributed by atoms with Crippen LogP contribution in [0.2, 0.25) is 0 Å². The Labute approximate surface area is 125 Å². The highest BCUT2D eigenvalue weighted by molar-refractivity contribution is 5.44. The fourth-order valence-electron chi connectivity index (χ4n) is 3.06. The molecule has 0 bridgehead atoms. The third kappa shape index (κ3) is 2.61. The van der Waals surface area contributed by atoms with Crippen LogP contribution in [-0.2, 0) is 6.42 Å². The van der Waals surface area contributed by atoms with Gasteiger partial charge in [-0.3, -0.25) is 0 Å². The Morgan fingerprint density at radius 3 is 2.67 bits per heavy atom. The molecule has 1 N–H and O–H groups in total. The molecule has 0 radical (unpaired) electrons. The molecule has 2 aromatic carbocycles. The highest BCUT2D eigenvalue weighted by Crippen LogP contribution is 2.42. The molecule has 110 valence electrons. The SMILES string of the molecule is COc1ccc(C(O)CC2Cc3ccccc32)c(OC)c1. The molecule has 21 heavy (non-hydrogen) atoms. The molecule has 3 heteroatoms. The van der Waals surface area contributed by atoms with E-state index in [2.05, 4.69) is 24.3 Å². The van der Waals surface area contributed by atoms with Crippen molar-refractivity contribution in [2.24, 2.45) is 0 Å². The summed E-state index contributed by atoms with van der Waals surface area (Å²) in [6, 6.07) is 14.0. The van der Waals surface area contributed by atoms with E-state index >= 15 is 0 Å². The van der Waals surface area contributed by atoms with Gasteiger partial charge < -0.3 is 14.6 Å². The number of aliphatic hydroxyl groups is 1. The molecule has 0 fully saturated rings. The first kappa shape index (κ1) is 14.0. The topological polar surface area (TPSA) is 38.7 Å². The van der Waals surface area contributed by atoms with Gasteiger partial charge in [0.15, 0.2) is 0 Å². The van der Waals surface area contributed by atoms with Crippen molar-refractivity contribution < 1.29 is 14.6 Å². The van der Waals surface area contributed by atoms with Crippen molar-refractivity contribution in [3.8, 4) is 11.5 Å². The van der Waals surface area contributed by atoms with Crippen LogP contribution in [0.25, 0.3) is 0 Å². The number of hydrogen-bond acceptors (Lipinski definition) is 3. The Bertz CT molecular complexity index is 636. The van der Waals surface area contributed by atoms with Gasteiger partial charge in [0.1, 0.15) is 11.5 Å². The molecule has 2 unspecified atom stereocenters. The maximum absolute atomic E-state index is 10.5. The maximum atomic E-state index is 10.5. The Hall–Kier alpha value is -2.00. The maximum Gasteiger partial charge on any atom is 0.128 e. The number of ether oxygens (including phenoxy) is 2. The number of benzene rings is 2. The van der Waals surface area contributed by atoms with Gasteiger partial charge in [0, 0.05) is 11.6 Å². The highest BCUT2D eigenvalue weighted by atomic mass is 16.5. The summed E-state index contributed by atoms with van der Waals surface area (Å²) in [6.07, 6.45) is 1.25. The van der Waals surface area contributed by atoms with E-state index in [4.69, 9.17) is 9.47 Å². The third-order valence-electron chi connectivity index (χ3n) is 4.27. The first-order valence-electron chi connectivity index (χ1n) is 7.20. The van der Waals surface area contributed by atoms with E-state index < -0.39 is 6.10 Å². The van der Waals surface area contributed by atoms with Gasteiger partial charge in [0.2, 0.25) is 0 Å². The molecule has 3 rings (SSSR count). The number of rotatable bonds is 5. The largest absolute Gasteiger partial charge is 0.497 e. The summed E-state index contributed by atoms with van der Waals surface area (Å²) in [5, 5.41) is 10.5. The summed E-state index contributed by atoms with van der Waals surface area (Å²) in [7, 11) is 3.24. The third-order valence-corrected chi connectivity index (χ3v) is 4.27. The van der Waals surface area contributed by atoms with E-state index in [0.29, 0.717) is 11.7 Å². The van der Waals surface area contributed by atoms with Crippen LogP contribution in [0.1, 0.15) is 35.1 Å². The molecular weight excluding hydrogens is 264 g/mol. The Balaban J connectivity index is 1.76. The van der Waals surface area contributed by atoms with E-state index in [1.54, 1.807) is 14.2 Å². The molecule has 0 heterocycles. The molecule has 0 aliphatic heterocycles. The lowest BCUT2D eigenvalue weighted by atomic mass is 9.74. The molecular formula is C18H20O3. The van der Waals surface area contributed by atoms with Crippen LogP contribution in [-0.4, -0.2) is 19.3 Å². The Morgan fingerprint density at radius 2 is 1.95 bits per heavy atom. The molecule has 0 saturated carbocycles. The normalized spacial score (nSPS) is 17.6. The van der Waals surface area contributed by atoms with Gasteiger partial charge in [0.05, 0.1) is 20.3 Å². The van der Waals surface area contributed by atoms with E-state index in [0.717, 1.165) is 24.2 Å². The first-order valence-corrected chi connectivity index (χ1v) is 7.20. The number of hydrogen-bond donors (Lipinski definition) is 1. The molecule has 2 atom stereocenters. The zero-order chi connectivity index (χ0) is 14.8. The van der Waals surface area contributed by atoms with Crippen molar-refractivity contribution >= 4 is 0 Å². The zero-order valence-corrected chi connectivity index (χ0v) is 12.4. The summed E-state index contributed by atoms with van der Waals surface area (Å²) in [5.74, 6) is 1.84. The molecule has 0 saturated heterocycles. The van der Waals surface area contributed by atoms with Crippen molar-refractivity contribution in [3.63, 3.8) is 0 Å². The van der Waals surface area contributed by atoms with E-state index in [1.807, 2.05) is 18.2 Å². The van der Waals surface area contributed by atoms with Crippen molar-refractivity contribution in [1.82, 2.24) is 0 Å². The number of fused-ring (bicyclic) bond motifs is 1. The van der Waals surface area contributed by atoms with Gasteiger partial charge >= 0.3 is 0 Å². The minimum atomic E-state index is -0.524. The minimum Gasteiger partial charge on any atom is -0.497 e. The lowest BCUT2D eigenvalue weighted by Gasteiger charge is -2.32. The Kier molecular flexibility index (Phi) is 3.84. The quantitative estimate of drug-likeness (QED) is 0.913. The summed E-state index contributed by atoms with van der Waals surface area (Å²) in [5.41, 5.74) is 3.59. The van der Waals surface area contributed by atoms with Crippen molar-refractivity contribution in [2.75, 3.05) is 14.2 Å². The molecule has 2 aromatic rings. The first-order chi connectivity index (χ1) is 10.2. The second-order valence-electron chi connectivity index (χ2n) is 5.46. The second-order valence-corrected chi connectivity index (χ2v) is 5.46. The lowest BCUT2D eigenvalue weighted by molar-refractivity contribution is 0.150. The van der Waals surface area contributed by atoms with Crippen molar-refractivity contribution in [2.45, 2.75) is 24.9 Å². The van der Waals surface area contributed by atoms with Crippen molar-refractivity contribution in [3.05, 3.63) is 59.2 Å². The molecule has 1 aliphatic carbocycles. The fourth-order valence-corrected chi connectivity index (χ4v) is 3.06. The standard InChI is InChI=1S/C18H20O3/c1-20-14-7-8-16(18(11-14)21-2)17(19)10-13-9-12-5-3-4-6-15(12)13/h3-8,11,13,17,19H,9-10H2,1-2H3. The van der Waals surface area contributed by atoms with Crippen LogP contribution < -0.4 is 9.47 Å². The molecule has 0 amide bonds. The van der Waals surface area contributed by atoms with Gasteiger partial charge in [-0.15, -0.1) is 0 Å². The number of aliphatic hydroxyl groups excluding tert-OH is 1. The second kappa shape index (κ2) is 5.78. The number of methoxy groups -OCH3 is 2. The lowest BCUT2D eigenvalue weighted by Crippen LogP contribution is -2.19. The van der Waals surface area contributed by atoms with E-state index in [-0.39, 0.29) is 0 Å². The average molecular weight is 284 g/mol. The molecule has 3 nitrogen and oxygen atoms in total. The van der Waals surface area contributed by atoms with E-state index in [9.17, 15) is 5.11 Å². The minimum absolute atomic E-state index is 0.433. The predicted octanol–water partition coefficient (Wildman–Crippen LogP) is 3.47. The molecule has 0 aromatic heterocycles. The molecule has 1 aliphatic rings. The van der Waals surface area contributed by atoms with Crippen molar-refractivity contribution in [1.29, 1.82) is 0 Å². The van der Waals surface area contributed by atoms with Crippen LogP contribution in [0.5, 0.6) is 11.5 Å². The van der Waals surface area contributed by atoms with Gasteiger partial charge in [-0.05, 0) is 42.0 Å². The summed E-state index contributed by atoms with van der Waals surface area (Å²) in [4.78, 5) is 0. The van der Waals surface area contributed by atoms with Crippen LogP contribution >= 0.6 is 0 Å². The van der Waals surface area contributed by atoms with Crippen LogP contribution in [0.4, 0.5) is 0 Å². The van der Waals surface area contributed by atoms with E-state index in [1.165, 1.54) is 11.1 Å². The fraction of sp³-hybridized carbons (Fsp3) is 0.333. The summed E-state index contributed by atoms with van der Waals surface area (Å²) in [6.45, 7) is 0. The Morgan fingerprint density at radius 1 is 1.14 bits per heavy atom. The van der Waals surface area contributed by atoms with Gasteiger partial charge in [-0.25, -0.2) is 0 Å². The van der Waals surface area contributed by atoms with Crippen LogP contribution in [0, 0.1) is 0 Å². The summed E-state index contributed by atoms with van der Waals surface area (Å²) < 4.78 is 10.6. The van der Waals surface area contributed by atoms with Gasteiger partial charge in [0.25, 0.3) is 0 Å². The zero-order valence-electron chi connectivity index (χ0n) is 12.4.